The molecule has 0 spiro atoms. The van der Waals surface area contributed by atoms with Crippen molar-refractivity contribution >= 4 is 10.0 Å². The van der Waals surface area contributed by atoms with Gasteiger partial charge in [0.1, 0.15) is 0 Å². The van der Waals surface area contributed by atoms with Crippen LogP contribution in [-0.2, 0) is 10.0 Å². The third-order valence-corrected chi connectivity index (χ3v) is 4.62. The van der Waals surface area contributed by atoms with Gasteiger partial charge < -0.3 is 5.11 Å². The fourth-order valence-electron chi connectivity index (χ4n) is 1.84. The molecule has 0 aliphatic rings. The molecule has 0 aliphatic heterocycles. The smallest absolute Gasteiger partial charge is 0.240 e. The van der Waals surface area contributed by atoms with Gasteiger partial charge in [-0.15, -0.1) is 0 Å². The maximum Gasteiger partial charge on any atom is 0.240 e. The van der Waals surface area contributed by atoms with Crippen LogP contribution in [0, 0.1) is 13.8 Å². The highest BCUT2D eigenvalue weighted by Gasteiger charge is 2.23. The summed E-state index contributed by atoms with van der Waals surface area (Å²) in [6.45, 7) is 7.43. The summed E-state index contributed by atoms with van der Waals surface area (Å²) in [6.07, 6.45) is 1.36. The first-order chi connectivity index (χ1) is 8.68. The van der Waals surface area contributed by atoms with Crippen LogP contribution in [0.25, 0.3) is 0 Å². The van der Waals surface area contributed by atoms with Crippen LogP contribution in [0.2, 0.25) is 0 Å². The van der Waals surface area contributed by atoms with Gasteiger partial charge in [-0.2, -0.15) is 0 Å². The van der Waals surface area contributed by atoms with Gasteiger partial charge in [0.15, 0.2) is 0 Å². The van der Waals surface area contributed by atoms with Crippen molar-refractivity contribution in [1.29, 1.82) is 0 Å². The summed E-state index contributed by atoms with van der Waals surface area (Å²) in [4.78, 5) is 0.239. The van der Waals surface area contributed by atoms with Crippen molar-refractivity contribution in [3.63, 3.8) is 0 Å². The molecule has 0 heterocycles. The van der Waals surface area contributed by atoms with E-state index in [9.17, 15) is 13.5 Å². The molecule has 0 fully saturated rings. The van der Waals surface area contributed by atoms with E-state index in [2.05, 4.69) is 4.72 Å². The molecule has 1 unspecified atom stereocenters. The van der Waals surface area contributed by atoms with Gasteiger partial charge in [-0.05, 0) is 50.5 Å². The fraction of sp³-hybridized carbons (Fsp3) is 0.571. The standard InChI is InChI=1S/C14H23NO3S/c1-5-8-14(4,16)10-15-19(17,18)13-7-6-11(2)12(3)9-13/h6-7,9,15-16H,5,8,10H2,1-4H3. The molecular weight excluding hydrogens is 262 g/mol. The highest BCUT2D eigenvalue weighted by Crippen LogP contribution is 2.16. The van der Waals surface area contributed by atoms with E-state index < -0.39 is 15.6 Å². The molecule has 1 aromatic rings. The predicted octanol–water partition coefficient (Wildman–Crippen LogP) is 2.13. The number of sulfonamides is 1. The van der Waals surface area contributed by atoms with Gasteiger partial charge in [0.05, 0.1) is 10.5 Å². The van der Waals surface area contributed by atoms with Gasteiger partial charge in [-0.3, -0.25) is 0 Å². The molecule has 1 atom stereocenters. The Morgan fingerprint density at radius 1 is 1.26 bits per heavy atom. The summed E-state index contributed by atoms with van der Waals surface area (Å²) in [5, 5.41) is 10.00. The lowest BCUT2D eigenvalue weighted by Crippen LogP contribution is -2.40. The second-order valence-corrected chi connectivity index (χ2v) is 7.08. The molecule has 2 N–H and O–H groups in total. The Bertz CT molecular complexity index is 536. The average molecular weight is 285 g/mol. The first-order valence-corrected chi connectivity index (χ1v) is 7.95. The number of hydrogen-bond donors (Lipinski definition) is 2. The van der Waals surface area contributed by atoms with Crippen LogP contribution in [0.15, 0.2) is 23.1 Å². The minimum Gasteiger partial charge on any atom is -0.389 e. The highest BCUT2D eigenvalue weighted by atomic mass is 32.2. The van der Waals surface area contributed by atoms with Crippen molar-refractivity contribution in [3.05, 3.63) is 29.3 Å². The Hall–Kier alpha value is -0.910. The maximum atomic E-state index is 12.1. The molecule has 1 aromatic carbocycles. The normalized spacial score (nSPS) is 15.2. The van der Waals surface area contributed by atoms with E-state index in [1.165, 1.54) is 0 Å². The fourth-order valence-corrected chi connectivity index (χ4v) is 3.09. The van der Waals surface area contributed by atoms with Crippen LogP contribution < -0.4 is 4.72 Å². The SMILES string of the molecule is CCCC(C)(O)CNS(=O)(=O)c1ccc(C)c(C)c1. The summed E-state index contributed by atoms with van der Waals surface area (Å²) in [7, 11) is -3.56. The Balaban J connectivity index is 2.84. The summed E-state index contributed by atoms with van der Waals surface area (Å²) >= 11 is 0. The lowest BCUT2D eigenvalue weighted by molar-refractivity contribution is 0.0554. The number of hydrogen-bond acceptors (Lipinski definition) is 3. The van der Waals surface area contributed by atoms with Gasteiger partial charge in [0, 0.05) is 6.54 Å². The van der Waals surface area contributed by atoms with Crippen LogP contribution in [0.4, 0.5) is 0 Å². The van der Waals surface area contributed by atoms with Crippen LogP contribution in [-0.4, -0.2) is 25.7 Å². The average Bonchev–Trinajstić information content (AvgIpc) is 2.30. The molecule has 0 bridgehead atoms. The van der Waals surface area contributed by atoms with Gasteiger partial charge in [0.2, 0.25) is 10.0 Å². The van der Waals surface area contributed by atoms with Crippen molar-refractivity contribution in [2.24, 2.45) is 0 Å². The van der Waals surface area contributed by atoms with E-state index in [-0.39, 0.29) is 11.4 Å². The summed E-state index contributed by atoms with van der Waals surface area (Å²) in [5.74, 6) is 0. The Labute approximate surface area is 115 Å². The molecule has 19 heavy (non-hydrogen) atoms. The van der Waals surface area contributed by atoms with Crippen molar-refractivity contribution in [2.75, 3.05) is 6.54 Å². The van der Waals surface area contributed by atoms with E-state index >= 15 is 0 Å². The molecule has 0 aliphatic carbocycles. The van der Waals surface area contributed by atoms with Gasteiger partial charge in [-0.25, -0.2) is 13.1 Å². The summed E-state index contributed by atoms with van der Waals surface area (Å²) < 4.78 is 26.7. The lowest BCUT2D eigenvalue weighted by Gasteiger charge is -2.23. The zero-order valence-electron chi connectivity index (χ0n) is 12.0. The Morgan fingerprint density at radius 2 is 1.89 bits per heavy atom. The Morgan fingerprint density at radius 3 is 2.42 bits per heavy atom. The molecule has 108 valence electrons. The molecule has 0 amide bonds. The topological polar surface area (TPSA) is 66.4 Å². The van der Waals surface area contributed by atoms with E-state index in [1.807, 2.05) is 20.8 Å². The zero-order valence-corrected chi connectivity index (χ0v) is 12.8. The van der Waals surface area contributed by atoms with Crippen molar-refractivity contribution < 1.29 is 13.5 Å². The number of benzene rings is 1. The van der Waals surface area contributed by atoms with Gasteiger partial charge >= 0.3 is 0 Å². The minimum absolute atomic E-state index is 0.0239. The lowest BCUT2D eigenvalue weighted by atomic mass is 10.0. The maximum absolute atomic E-state index is 12.1. The van der Waals surface area contributed by atoms with Crippen LogP contribution in [0.3, 0.4) is 0 Å². The van der Waals surface area contributed by atoms with E-state index in [0.29, 0.717) is 6.42 Å². The minimum atomic E-state index is -3.56. The van der Waals surface area contributed by atoms with Gasteiger partial charge in [-0.1, -0.05) is 19.4 Å². The second-order valence-electron chi connectivity index (χ2n) is 5.32. The Kier molecular flexibility index (Phi) is 5.12. The molecule has 5 heteroatoms. The number of aryl methyl sites for hydroxylation is 2. The van der Waals surface area contributed by atoms with Crippen molar-refractivity contribution in [1.82, 2.24) is 4.72 Å². The molecular formula is C14H23NO3S. The zero-order chi connectivity index (χ0) is 14.7. The second kappa shape index (κ2) is 6.03. The van der Waals surface area contributed by atoms with Crippen LogP contribution >= 0.6 is 0 Å². The quantitative estimate of drug-likeness (QED) is 0.841. The number of nitrogens with one attached hydrogen (secondary N) is 1. The van der Waals surface area contributed by atoms with E-state index in [4.69, 9.17) is 0 Å². The van der Waals surface area contributed by atoms with Crippen LogP contribution in [0.1, 0.15) is 37.8 Å². The number of rotatable bonds is 6. The highest BCUT2D eigenvalue weighted by molar-refractivity contribution is 7.89. The third-order valence-electron chi connectivity index (χ3n) is 3.22. The molecule has 0 saturated heterocycles. The summed E-state index contributed by atoms with van der Waals surface area (Å²) in [6, 6.07) is 5.01. The molecule has 0 aromatic heterocycles. The number of aliphatic hydroxyl groups is 1. The third kappa shape index (κ3) is 4.60. The largest absolute Gasteiger partial charge is 0.389 e. The van der Waals surface area contributed by atoms with Crippen molar-refractivity contribution in [3.8, 4) is 0 Å². The van der Waals surface area contributed by atoms with Crippen LogP contribution in [0.5, 0.6) is 0 Å². The first-order valence-electron chi connectivity index (χ1n) is 6.47. The first kappa shape index (κ1) is 16.1. The van der Waals surface area contributed by atoms with E-state index in [0.717, 1.165) is 17.5 Å². The summed E-state index contributed by atoms with van der Waals surface area (Å²) in [5.41, 5.74) is 0.974. The molecule has 4 nitrogen and oxygen atoms in total. The molecule has 1 rings (SSSR count). The predicted molar refractivity (Wildman–Crippen MR) is 76.6 cm³/mol. The molecule has 0 radical (unpaired) electrons. The van der Waals surface area contributed by atoms with E-state index in [1.54, 1.807) is 25.1 Å². The molecule has 0 saturated carbocycles. The van der Waals surface area contributed by atoms with Crippen molar-refractivity contribution in [2.45, 2.75) is 51.0 Å². The monoisotopic (exact) mass is 285 g/mol. The van der Waals surface area contributed by atoms with Gasteiger partial charge in [0.25, 0.3) is 0 Å².